The van der Waals surface area contributed by atoms with Gasteiger partial charge in [-0.2, -0.15) is 0 Å². The largest absolute Gasteiger partial charge is 0.467 e. The van der Waals surface area contributed by atoms with Crippen LogP contribution in [0.1, 0.15) is 28.0 Å². The van der Waals surface area contributed by atoms with Gasteiger partial charge in [-0.25, -0.2) is 0 Å². The number of hydrogen-bond acceptors (Lipinski definition) is 4. The van der Waals surface area contributed by atoms with Gasteiger partial charge in [0.25, 0.3) is 5.91 Å². The highest BCUT2D eigenvalue weighted by Gasteiger charge is 2.24. The summed E-state index contributed by atoms with van der Waals surface area (Å²) < 4.78 is 11.0. The molecular weight excluding hydrogens is 378 g/mol. The Morgan fingerprint density at radius 3 is 2.64 bits per heavy atom. The molecule has 2 aromatic heterocycles. The van der Waals surface area contributed by atoms with Crippen molar-refractivity contribution in [2.75, 3.05) is 6.54 Å². The first kappa shape index (κ1) is 18.3. The van der Waals surface area contributed by atoms with Gasteiger partial charge in [-0.3, -0.25) is 4.79 Å². The third kappa shape index (κ3) is 3.96. The fourth-order valence-electron chi connectivity index (χ4n) is 3.08. The van der Waals surface area contributed by atoms with E-state index in [1.807, 2.05) is 30.3 Å². The van der Waals surface area contributed by atoms with E-state index in [2.05, 4.69) is 0 Å². The van der Waals surface area contributed by atoms with E-state index >= 15 is 0 Å². The third-order valence-corrected chi connectivity index (χ3v) is 4.69. The Morgan fingerprint density at radius 2 is 1.89 bits per heavy atom. The Hall–Kier alpha value is -3.02. The van der Waals surface area contributed by atoms with E-state index in [1.165, 1.54) is 6.26 Å². The van der Waals surface area contributed by atoms with Gasteiger partial charge in [-0.15, -0.1) is 0 Å². The minimum absolute atomic E-state index is 0.0685. The molecule has 28 heavy (non-hydrogen) atoms. The maximum Gasteiger partial charge on any atom is 0.290 e. The number of benzene rings is 2. The average molecular weight is 396 g/mol. The van der Waals surface area contributed by atoms with Gasteiger partial charge in [-0.1, -0.05) is 41.9 Å². The molecule has 0 aliphatic heterocycles. The molecule has 0 spiro atoms. The highest BCUT2D eigenvalue weighted by atomic mass is 35.5. The summed E-state index contributed by atoms with van der Waals surface area (Å²) in [6.07, 6.45) is 0.548. The molecule has 5 nitrogen and oxygen atoms in total. The van der Waals surface area contributed by atoms with Crippen LogP contribution in [-0.2, 0) is 6.54 Å². The number of fused-ring (bicyclic) bond motifs is 1. The number of rotatable bonds is 6. The highest BCUT2D eigenvalue weighted by molar-refractivity contribution is 6.31. The van der Waals surface area contributed by atoms with E-state index < -0.39 is 6.10 Å². The molecule has 1 atom stereocenters. The number of nitrogens with zero attached hydrogens (tertiary/aromatic N) is 1. The van der Waals surface area contributed by atoms with Crippen molar-refractivity contribution in [1.82, 2.24) is 4.90 Å². The Morgan fingerprint density at radius 1 is 1.07 bits per heavy atom. The van der Waals surface area contributed by atoms with Crippen LogP contribution in [0.4, 0.5) is 0 Å². The first-order valence-electron chi connectivity index (χ1n) is 8.84. The second-order valence-electron chi connectivity index (χ2n) is 6.50. The monoisotopic (exact) mass is 395 g/mol. The van der Waals surface area contributed by atoms with Gasteiger partial charge in [0.05, 0.1) is 12.8 Å². The molecule has 0 radical (unpaired) electrons. The zero-order valence-corrected chi connectivity index (χ0v) is 15.7. The minimum atomic E-state index is -0.943. The standard InChI is InChI=1S/C22H18ClNO4/c23-17-8-9-19-16(11-17)12-21(28-19)22(26)24(13-15-5-2-1-3-6-15)14-18(25)20-7-4-10-27-20/h1-12,18,25H,13-14H2. The lowest BCUT2D eigenvalue weighted by Crippen LogP contribution is -2.34. The molecule has 0 bridgehead atoms. The number of carbonyl (C=O) groups is 1. The fourth-order valence-corrected chi connectivity index (χ4v) is 3.26. The second-order valence-corrected chi connectivity index (χ2v) is 6.93. The molecule has 0 fully saturated rings. The van der Waals surface area contributed by atoms with E-state index in [-0.39, 0.29) is 18.2 Å². The zero-order valence-electron chi connectivity index (χ0n) is 14.9. The van der Waals surface area contributed by atoms with Crippen molar-refractivity contribution in [1.29, 1.82) is 0 Å². The molecule has 1 amide bonds. The summed E-state index contributed by atoms with van der Waals surface area (Å²) in [6.45, 7) is 0.397. The number of hydrogen-bond donors (Lipinski definition) is 1. The lowest BCUT2D eigenvalue weighted by molar-refractivity contribution is 0.0537. The lowest BCUT2D eigenvalue weighted by atomic mass is 10.1. The third-order valence-electron chi connectivity index (χ3n) is 4.46. The summed E-state index contributed by atoms with van der Waals surface area (Å²) in [5.41, 5.74) is 1.53. The molecule has 4 aromatic rings. The molecule has 142 valence electrons. The van der Waals surface area contributed by atoms with Gasteiger partial charge < -0.3 is 18.8 Å². The lowest BCUT2D eigenvalue weighted by Gasteiger charge is -2.24. The van der Waals surface area contributed by atoms with Gasteiger partial charge in [0, 0.05) is 17.0 Å². The zero-order chi connectivity index (χ0) is 19.5. The number of amides is 1. The molecule has 0 saturated heterocycles. The predicted molar refractivity (Wildman–Crippen MR) is 106 cm³/mol. The van der Waals surface area contributed by atoms with Crippen molar-refractivity contribution in [2.24, 2.45) is 0 Å². The van der Waals surface area contributed by atoms with E-state index in [0.717, 1.165) is 10.9 Å². The molecule has 0 saturated carbocycles. The molecule has 2 aromatic carbocycles. The molecule has 6 heteroatoms. The van der Waals surface area contributed by atoms with Crippen LogP contribution in [0, 0.1) is 0 Å². The summed E-state index contributed by atoms with van der Waals surface area (Å²) in [5, 5.41) is 11.8. The van der Waals surface area contributed by atoms with Gasteiger partial charge in [0.15, 0.2) is 5.76 Å². The molecule has 2 heterocycles. The smallest absolute Gasteiger partial charge is 0.290 e. The van der Waals surface area contributed by atoms with Crippen LogP contribution in [-0.4, -0.2) is 22.5 Å². The molecule has 0 aliphatic rings. The molecule has 1 unspecified atom stereocenters. The number of furan rings is 2. The average Bonchev–Trinajstić information content (AvgIpc) is 3.37. The van der Waals surface area contributed by atoms with E-state index in [1.54, 1.807) is 41.3 Å². The van der Waals surface area contributed by atoms with Crippen LogP contribution >= 0.6 is 11.6 Å². The van der Waals surface area contributed by atoms with Crippen LogP contribution in [0.25, 0.3) is 11.0 Å². The van der Waals surface area contributed by atoms with Gasteiger partial charge in [0.2, 0.25) is 0 Å². The summed E-state index contributed by atoms with van der Waals surface area (Å²) in [6, 6.07) is 19.8. The normalized spacial score (nSPS) is 12.2. The molecule has 0 aliphatic carbocycles. The van der Waals surface area contributed by atoms with Crippen LogP contribution in [0.5, 0.6) is 0 Å². The summed E-state index contributed by atoms with van der Waals surface area (Å²) in [5.74, 6) is 0.281. The number of carbonyl (C=O) groups excluding carboxylic acids is 1. The number of aliphatic hydroxyl groups excluding tert-OH is 1. The Bertz CT molecular complexity index is 1070. The van der Waals surface area contributed by atoms with Crippen molar-refractivity contribution in [2.45, 2.75) is 12.6 Å². The topological polar surface area (TPSA) is 66.8 Å². The first-order chi connectivity index (χ1) is 13.6. The predicted octanol–water partition coefficient (Wildman–Crippen LogP) is 5.06. The van der Waals surface area contributed by atoms with Crippen LogP contribution < -0.4 is 0 Å². The Labute approximate surface area is 166 Å². The van der Waals surface area contributed by atoms with E-state index in [4.69, 9.17) is 20.4 Å². The van der Waals surface area contributed by atoms with Crippen molar-refractivity contribution < 1.29 is 18.7 Å². The van der Waals surface area contributed by atoms with Gasteiger partial charge in [0.1, 0.15) is 17.4 Å². The van der Waals surface area contributed by atoms with Crippen molar-refractivity contribution in [3.8, 4) is 0 Å². The Balaban J connectivity index is 1.63. The van der Waals surface area contributed by atoms with Gasteiger partial charge in [-0.05, 0) is 42.0 Å². The van der Waals surface area contributed by atoms with Crippen LogP contribution in [0.15, 0.2) is 81.8 Å². The van der Waals surface area contributed by atoms with E-state index in [9.17, 15) is 9.90 Å². The fraction of sp³-hybridized carbons (Fsp3) is 0.136. The highest BCUT2D eigenvalue weighted by Crippen LogP contribution is 2.25. The minimum Gasteiger partial charge on any atom is -0.467 e. The molecular formula is C22H18ClNO4. The van der Waals surface area contributed by atoms with Crippen LogP contribution in [0.3, 0.4) is 0 Å². The Kier molecular flexibility index (Phi) is 5.19. The maximum absolute atomic E-state index is 13.2. The van der Waals surface area contributed by atoms with Gasteiger partial charge >= 0.3 is 0 Å². The summed E-state index contributed by atoms with van der Waals surface area (Å²) in [7, 11) is 0. The van der Waals surface area contributed by atoms with Crippen molar-refractivity contribution >= 4 is 28.5 Å². The van der Waals surface area contributed by atoms with Crippen molar-refractivity contribution in [3.63, 3.8) is 0 Å². The summed E-state index contributed by atoms with van der Waals surface area (Å²) in [4.78, 5) is 14.7. The number of aliphatic hydroxyl groups is 1. The second kappa shape index (κ2) is 7.92. The van der Waals surface area contributed by atoms with E-state index in [0.29, 0.717) is 22.9 Å². The van der Waals surface area contributed by atoms with Crippen LogP contribution in [0.2, 0.25) is 5.02 Å². The quantitative estimate of drug-likeness (QED) is 0.495. The SMILES string of the molecule is O=C(c1cc2cc(Cl)ccc2o1)N(Cc1ccccc1)CC(O)c1ccco1. The first-order valence-corrected chi connectivity index (χ1v) is 9.22. The maximum atomic E-state index is 13.2. The molecule has 4 rings (SSSR count). The molecule has 1 N–H and O–H groups in total. The number of halogens is 1. The van der Waals surface area contributed by atoms with Crippen molar-refractivity contribution in [3.05, 3.63) is 95.1 Å². The summed E-state index contributed by atoms with van der Waals surface area (Å²) >= 11 is 6.02.